The van der Waals surface area contributed by atoms with Gasteiger partial charge >= 0.3 is 0 Å². The highest BCUT2D eigenvalue weighted by Crippen LogP contribution is 2.13. The van der Waals surface area contributed by atoms with E-state index in [0.29, 0.717) is 11.6 Å². The van der Waals surface area contributed by atoms with Crippen molar-refractivity contribution < 1.29 is 0 Å². The number of nitrogens with one attached hydrogen (secondary N) is 2. The number of hydrogen-bond donors (Lipinski definition) is 2. The van der Waals surface area contributed by atoms with E-state index >= 15 is 0 Å². The lowest BCUT2D eigenvalue weighted by Gasteiger charge is -2.13. The average molecular weight is 249 g/mol. The van der Waals surface area contributed by atoms with Gasteiger partial charge in [0, 0.05) is 23.4 Å². The summed E-state index contributed by atoms with van der Waals surface area (Å²) in [5, 5.41) is 5.30. The first-order chi connectivity index (χ1) is 8.13. The lowest BCUT2D eigenvalue weighted by Crippen LogP contribution is -2.20. The molecule has 0 aromatic carbocycles. The van der Waals surface area contributed by atoms with Gasteiger partial charge in [0.1, 0.15) is 11.6 Å². The summed E-state index contributed by atoms with van der Waals surface area (Å²) in [6.07, 6.45) is 0.936. The second-order valence-corrected chi connectivity index (χ2v) is 5.08. The molecule has 0 aliphatic heterocycles. The van der Waals surface area contributed by atoms with Crippen LogP contribution in [0.15, 0.2) is 28.4 Å². The van der Waals surface area contributed by atoms with E-state index in [-0.39, 0.29) is 11.6 Å². The number of nitrogens with zero attached hydrogens (tertiary/aromatic N) is 1. The van der Waals surface area contributed by atoms with Crippen LogP contribution in [0, 0.1) is 6.92 Å². The highest BCUT2D eigenvalue weighted by atomic mass is 32.1. The molecule has 4 nitrogen and oxygen atoms in total. The van der Waals surface area contributed by atoms with Crippen LogP contribution in [-0.4, -0.2) is 16.0 Å². The Hall–Kier alpha value is -1.62. The Bertz CT molecular complexity index is 533. The minimum atomic E-state index is -0.122. The summed E-state index contributed by atoms with van der Waals surface area (Å²) in [4.78, 5) is 19.5. The molecule has 0 amide bonds. The molecular weight excluding hydrogens is 234 g/mol. The van der Waals surface area contributed by atoms with E-state index in [9.17, 15) is 4.79 Å². The number of hydrogen-bond acceptors (Lipinski definition) is 4. The molecule has 90 valence electrons. The molecule has 0 fully saturated rings. The van der Waals surface area contributed by atoms with Gasteiger partial charge in [-0.3, -0.25) is 4.79 Å². The third-order valence-electron chi connectivity index (χ3n) is 2.34. The molecule has 0 bridgehead atoms. The molecule has 0 saturated heterocycles. The summed E-state index contributed by atoms with van der Waals surface area (Å²) < 4.78 is 0. The van der Waals surface area contributed by atoms with Crippen molar-refractivity contribution in [1.29, 1.82) is 0 Å². The van der Waals surface area contributed by atoms with Crippen LogP contribution in [0.3, 0.4) is 0 Å². The quantitative estimate of drug-likeness (QED) is 0.873. The van der Waals surface area contributed by atoms with Crippen LogP contribution in [0.5, 0.6) is 0 Å². The monoisotopic (exact) mass is 249 g/mol. The standard InChI is InChI=1S/C12H15N3OS/c1-8(6-10-4-3-5-17-10)13-11-7-12(16)15-9(2)14-11/h3-5,7-8H,6H2,1-2H3,(H2,13,14,15,16). The van der Waals surface area contributed by atoms with Gasteiger partial charge in [-0.1, -0.05) is 6.07 Å². The number of thiophene rings is 1. The summed E-state index contributed by atoms with van der Waals surface area (Å²) in [6.45, 7) is 3.86. The fraction of sp³-hybridized carbons (Fsp3) is 0.333. The van der Waals surface area contributed by atoms with Gasteiger partial charge in [0.25, 0.3) is 5.56 Å². The van der Waals surface area contributed by atoms with Crippen molar-refractivity contribution in [1.82, 2.24) is 9.97 Å². The predicted octanol–water partition coefficient (Wildman–Crippen LogP) is 2.18. The zero-order chi connectivity index (χ0) is 12.3. The molecule has 5 heteroatoms. The fourth-order valence-electron chi connectivity index (χ4n) is 1.69. The van der Waals surface area contributed by atoms with Gasteiger partial charge in [-0.25, -0.2) is 4.98 Å². The Morgan fingerprint density at radius 1 is 1.59 bits per heavy atom. The van der Waals surface area contributed by atoms with Crippen molar-refractivity contribution in [2.45, 2.75) is 26.3 Å². The van der Waals surface area contributed by atoms with Crippen LogP contribution in [0.1, 0.15) is 17.6 Å². The van der Waals surface area contributed by atoms with Crippen LogP contribution in [0.4, 0.5) is 5.82 Å². The summed E-state index contributed by atoms with van der Waals surface area (Å²) in [5.74, 6) is 1.26. The molecule has 0 aliphatic rings. The van der Waals surface area contributed by atoms with Crippen molar-refractivity contribution in [2.24, 2.45) is 0 Å². The summed E-state index contributed by atoms with van der Waals surface area (Å²) in [7, 11) is 0. The van der Waals surface area contributed by atoms with Crippen LogP contribution in [-0.2, 0) is 6.42 Å². The van der Waals surface area contributed by atoms with Gasteiger partial charge in [-0.15, -0.1) is 11.3 Å². The van der Waals surface area contributed by atoms with Crippen LogP contribution < -0.4 is 10.9 Å². The SMILES string of the molecule is Cc1nc(NC(C)Cc2cccs2)cc(=O)[nH]1. The van der Waals surface area contributed by atoms with Gasteiger partial charge in [-0.2, -0.15) is 0 Å². The molecule has 2 aromatic heterocycles. The molecule has 0 radical (unpaired) electrons. The third-order valence-corrected chi connectivity index (χ3v) is 3.24. The normalized spacial score (nSPS) is 12.4. The molecule has 17 heavy (non-hydrogen) atoms. The number of aromatic amines is 1. The van der Waals surface area contributed by atoms with Crippen molar-refractivity contribution >= 4 is 17.2 Å². The highest BCUT2D eigenvalue weighted by molar-refractivity contribution is 7.09. The molecule has 0 aliphatic carbocycles. The largest absolute Gasteiger partial charge is 0.367 e. The van der Waals surface area contributed by atoms with E-state index in [2.05, 4.69) is 33.7 Å². The molecule has 0 saturated carbocycles. The van der Waals surface area contributed by atoms with E-state index < -0.39 is 0 Å². The van der Waals surface area contributed by atoms with Crippen LogP contribution in [0.2, 0.25) is 0 Å². The summed E-state index contributed by atoms with van der Waals surface area (Å²) in [5.41, 5.74) is -0.122. The zero-order valence-electron chi connectivity index (χ0n) is 9.86. The Morgan fingerprint density at radius 3 is 3.06 bits per heavy atom. The number of rotatable bonds is 4. The average Bonchev–Trinajstić information content (AvgIpc) is 2.67. The fourth-order valence-corrected chi connectivity index (χ4v) is 2.52. The second kappa shape index (κ2) is 5.14. The second-order valence-electron chi connectivity index (χ2n) is 4.04. The zero-order valence-corrected chi connectivity index (χ0v) is 10.7. The van der Waals surface area contributed by atoms with Gasteiger partial charge in [0.2, 0.25) is 0 Å². The van der Waals surface area contributed by atoms with Gasteiger partial charge in [0.15, 0.2) is 0 Å². The number of aromatic nitrogens is 2. The Labute approximate surface area is 104 Å². The van der Waals surface area contributed by atoms with Crippen molar-refractivity contribution in [3.63, 3.8) is 0 Å². The van der Waals surface area contributed by atoms with E-state index in [1.165, 1.54) is 10.9 Å². The molecule has 0 spiro atoms. The molecule has 2 aromatic rings. The van der Waals surface area contributed by atoms with E-state index in [0.717, 1.165) is 6.42 Å². The first-order valence-electron chi connectivity index (χ1n) is 5.50. The molecule has 2 heterocycles. The third kappa shape index (κ3) is 3.42. The predicted molar refractivity (Wildman–Crippen MR) is 70.7 cm³/mol. The summed E-state index contributed by atoms with van der Waals surface area (Å²) in [6, 6.07) is 5.89. The minimum absolute atomic E-state index is 0.122. The number of H-pyrrole nitrogens is 1. The smallest absolute Gasteiger partial charge is 0.252 e. The van der Waals surface area contributed by atoms with Gasteiger partial charge in [-0.05, 0) is 25.3 Å². The van der Waals surface area contributed by atoms with Crippen molar-refractivity contribution in [3.8, 4) is 0 Å². The van der Waals surface area contributed by atoms with E-state index in [4.69, 9.17) is 0 Å². The Balaban J connectivity index is 2.02. The maximum atomic E-state index is 11.3. The highest BCUT2D eigenvalue weighted by Gasteiger charge is 2.06. The number of anilines is 1. The Morgan fingerprint density at radius 2 is 2.41 bits per heavy atom. The molecule has 1 unspecified atom stereocenters. The van der Waals surface area contributed by atoms with Gasteiger partial charge in [0.05, 0.1) is 0 Å². The molecule has 1 atom stereocenters. The number of aryl methyl sites for hydroxylation is 1. The van der Waals surface area contributed by atoms with E-state index in [1.54, 1.807) is 18.3 Å². The first-order valence-corrected chi connectivity index (χ1v) is 6.38. The van der Waals surface area contributed by atoms with Crippen molar-refractivity contribution in [2.75, 3.05) is 5.32 Å². The molecule has 2 N–H and O–H groups in total. The van der Waals surface area contributed by atoms with Crippen LogP contribution in [0.25, 0.3) is 0 Å². The Kier molecular flexibility index (Phi) is 3.58. The van der Waals surface area contributed by atoms with E-state index in [1.807, 2.05) is 6.07 Å². The minimum Gasteiger partial charge on any atom is -0.367 e. The van der Waals surface area contributed by atoms with Crippen molar-refractivity contribution in [3.05, 3.63) is 44.6 Å². The summed E-state index contributed by atoms with van der Waals surface area (Å²) >= 11 is 1.74. The van der Waals surface area contributed by atoms with Gasteiger partial charge < -0.3 is 10.3 Å². The lowest BCUT2D eigenvalue weighted by atomic mass is 10.2. The topological polar surface area (TPSA) is 57.8 Å². The maximum absolute atomic E-state index is 11.3. The maximum Gasteiger partial charge on any atom is 0.252 e. The lowest BCUT2D eigenvalue weighted by molar-refractivity contribution is 0.790. The molecular formula is C12H15N3OS. The first kappa shape index (κ1) is 11.9. The molecule has 2 rings (SSSR count). The van der Waals surface area contributed by atoms with Crippen LogP contribution >= 0.6 is 11.3 Å².